The highest BCUT2D eigenvalue weighted by atomic mass is 35.5. The van der Waals surface area contributed by atoms with Crippen molar-refractivity contribution in [2.24, 2.45) is 0 Å². The van der Waals surface area contributed by atoms with Crippen molar-refractivity contribution in [2.75, 3.05) is 17.2 Å². The van der Waals surface area contributed by atoms with E-state index in [1.54, 1.807) is 12.1 Å². The van der Waals surface area contributed by atoms with Crippen molar-refractivity contribution in [1.29, 1.82) is 0 Å². The van der Waals surface area contributed by atoms with Gasteiger partial charge in [0.1, 0.15) is 11.6 Å². The minimum atomic E-state index is -0.294. The number of anilines is 3. The van der Waals surface area contributed by atoms with Crippen LogP contribution in [0, 0.1) is 12.7 Å². The first-order valence-electron chi connectivity index (χ1n) is 7.95. The smallest absolute Gasteiger partial charge is 0.224 e. The summed E-state index contributed by atoms with van der Waals surface area (Å²) >= 11 is 5.89. The van der Waals surface area contributed by atoms with Gasteiger partial charge in [0.25, 0.3) is 0 Å². The van der Waals surface area contributed by atoms with Crippen molar-refractivity contribution in [2.45, 2.75) is 13.3 Å². The fourth-order valence-corrected chi connectivity index (χ4v) is 2.52. The van der Waals surface area contributed by atoms with E-state index in [2.05, 4.69) is 20.6 Å². The molecular weight excluding hydrogens is 339 g/mol. The molecule has 0 unspecified atom stereocenters. The van der Waals surface area contributed by atoms with E-state index in [-0.39, 0.29) is 5.82 Å². The van der Waals surface area contributed by atoms with E-state index in [0.717, 1.165) is 17.1 Å². The quantitative estimate of drug-likeness (QED) is 0.654. The maximum Gasteiger partial charge on any atom is 0.224 e. The highest BCUT2D eigenvalue weighted by Gasteiger charge is 2.04. The number of hydrogen-bond donors (Lipinski definition) is 2. The van der Waals surface area contributed by atoms with Gasteiger partial charge in [-0.1, -0.05) is 29.8 Å². The summed E-state index contributed by atoms with van der Waals surface area (Å²) in [7, 11) is 0. The van der Waals surface area contributed by atoms with Gasteiger partial charge < -0.3 is 10.6 Å². The molecule has 1 aromatic heterocycles. The van der Waals surface area contributed by atoms with Crippen molar-refractivity contribution in [1.82, 2.24) is 9.97 Å². The van der Waals surface area contributed by atoms with E-state index in [0.29, 0.717) is 24.0 Å². The summed E-state index contributed by atoms with van der Waals surface area (Å²) in [5, 5.41) is 7.04. The van der Waals surface area contributed by atoms with Crippen molar-refractivity contribution in [3.63, 3.8) is 0 Å². The molecule has 3 aromatic rings. The average molecular weight is 357 g/mol. The van der Waals surface area contributed by atoms with Crippen LogP contribution in [0.3, 0.4) is 0 Å². The standard InChI is InChI=1S/C19H18ClFN4/c1-13-11-18(24-17-4-2-3-16(21)12-17)25-19(23-13)22-10-9-14-5-7-15(20)8-6-14/h2-8,11-12H,9-10H2,1H3,(H2,22,23,24,25). The molecule has 4 nitrogen and oxygen atoms in total. The van der Waals surface area contributed by atoms with Crippen LogP contribution in [0.4, 0.5) is 21.8 Å². The molecule has 0 aliphatic rings. The number of nitrogens with zero attached hydrogens (tertiary/aromatic N) is 2. The summed E-state index contributed by atoms with van der Waals surface area (Å²) in [6, 6.07) is 15.8. The van der Waals surface area contributed by atoms with Crippen LogP contribution < -0.4 is 10.6 Å². The van der Waals surface area contributed by atoms with Gasteiger partial charge >= 0.3 is 0 Å². The molecule has 0 aliphatic heterocycles. The topological polar surface area (TPSA) is 49.8 Å². The van der Waals surface area contributed by atoms with Crippen molar-refractivity contribution in [3.05, 3.63) is 76.7 Å². The zero-order chi connectivity index (χ0) is 17.6. The highest BCUT2D eigenvalue weighted by molar-refractivity contribution is 6.30. The Morgan fingerprint density at radius 2 is 1.84 bits per heavy atom. The molecule has 0 aliphatic carbocycles. The van der Waals surface area contributed by atoms with Gasteiger partial charge in [0, 0.05) is 29.0 Å². The third kappa shape index (κ3) is 5.16. The molecule has 1 heterocycles. The number of nitrogens with one attached hydrogen (secondary N) is 2. The Balaban J connectivity index is 1.63. The van der Waals surface area contributed by atoms with Crippen molar-refractivity contribution in [3.8, 4) is 0 Å². The number of aryl methyl sites for hydroxylation is 1. The third-order valence-electron chi connectivity index (χ3n) is 3.56. The molecule has 0 radical (unpaired) electrons. The summed E-state index contributed by atoms with van der Waals surface area (Å²) in [4.78, 5) is 8.81. The molecule has 0 atom stereocenters. The Kier molecular flexibility index (Phi) is 5.46. The Bertz CT molecular complexity index is 852. The van der Waals surface area contributed by atoms with Crippen LogP contribution in [0.5, 0.6) is 0 Å². The zero-order valence-corrected chi connectivity index (χ0v) is 14.5. The highest BCUT2D eigenvalue weighted by Crippen LogP contribution is 2.17. The van der Waals surface area contributed by atoms with Crippen LogP contribution in [0.2, 0.25) is 5.02 Å². The molecule has 0 saturated heterocycles. The van der Waals surface area contributed by atoms with E-state index in [4.69, 9.17) is 11.6 Å². The van der Waals surface area contributed by atoms with Crippen LogP contribution in [0.25, 0.3) is 0 Å². The van der Waals surface area contributed by atoms with Gasteiger partial charge in [-0.3, -0.25) is 0 Å². The second-order valence-electron chi connectivity index (χ2n) is 5.66. The maximum atomic E-state index is 13.3. The molecule has 0 bridgehead atoms. The Labute approximate surface area is 151 Å². The summed E-state index contributed by atoms with van der Waals surface area (Å²) in [6.07, 6.45) is 0.834. The Morgan fingerprint density at radius 1 is 1.04 bits per heavy atom. The van der Waals surface area contributed by atoms with Gasteiger partial charge in [0.2, 0.25) is 5.95 Å². The third-order valence-corrected chi connectivity index (χ3v) is 3.81. The van der Waals surface area contributed by atoms with Crippen LogP contribution in [0.15, 0.2) is 54.6 Å². The SMILES string of the molecule is Cc1cc(Nc2cccc(F)c2)nc(NCCc2ccc(Cl)cc2)n1. The molecule has 0 saturated carbocycles. The minimum absolute atomic E-state index is 0.294. The molecule has 2 N–H and O–H groups in total. The lowest BCUT2D eigenvalue weighted by atomic mass is 10.1. The minimum Gasteiger partial charge on any atom is -0.354 e. The van der Waals surface area contributed by atoms with Gasteiger partial charge in [0.15, 0.2) is 0 Å². The number of hydrogen-bond acceptors (Lipinski definition) is 4. The number of halogens is 2. The van der Waals surface area contributed by atoms with E-state index in [9.17, 15) is 4.39 Å². The van der Waals surface area contributed by atoms with E-state index >= 15 is 0 Å². The van der Waals surface area contributed by atoms with Gasteiger partial charge in [0.05, 0.1) is 0 Å². The molecule has 3 rings (SSSR count). The summed E-state index contributed by atoms with van der Waals surface area (Å²) in [6.45, 7) is 2.59. The van der Waals surface area contributed by atoms with Crippen LogP contribution in [0.1, 0.15) is 11.3 Å². The second kappa shape index (κ2) is 7.94. The van der Waals surface area contributed by atoms with Gasteiger partial charge in [-0.2, -0.15) is 4.98 Å². The normalized spacial score (nSPS) is 10.5. The second-order valence-corrected chi connectivity index (χ2v) is 6.09. The Hall–Kier alpha value is -2.66. The molecular formula is C19H18ClFN4. The lowest BCUT2D eigenvalue weighted by Gasteiger charge is -2.10. The largest absolute Gasteiger partial charge is 0.354 e. The van der Waals surface area contributed by atoms with E-state index in [1.807, 2.05) is 37.3 Å². The molecule has 6 heteroatoms. The fourth-order valence-electron chi connectivity index (χ4n) is 2.40. The maximum absolute atomic E-state index is 13.3. The van der Waals surface area contributed by atoms with Crippen LogP contribution in [-0.4, -0.2) is 16.5 Å². The number of benzene rings is 2. The predicted octanol–water partition coefficient (Wildman–Crippen LogP) is 4.98. The first kappa shape index (κ1) is 17.2. The van der Waals surface area contributed by atoms with Gasteiger partial charge in [-0.05, 0) is 49.2 Å². The van der Waals surface area contributed by atoms with E-state index < -0.39 is 0 Å². The van der Waals surface area contributed by atoms with Crippen LogP contribution in [-0.2, 0) is 6.42 Å². The average Bonchev–Trinajstić information content (AvgIpc) is 2.56. The van der Waals surface area contributed by atoms with Gasteiger partial charge in [-0.15, -0.1) is 0 Å². The summed E-state index contributed by atoms with van der Waals surface area (Å²) in [5.41, 5.74) is 2.65. The summed E-state index contributed by atoms with van der Waals surface area (Å²) in [5.74, 6) is 0.858. The van der Waals surface area contributed by atoms with Crippen molar-refractivity contribution >= 4 is 29.1 Å². The number of rotatable bonds is 6. The lowest BCUT2D eigenvalue weighted by molar-refractivity contribution is 0.628. The molecule has 0 fully saturated rings. The molecule has 128 valence electrons. The molecule has 0 spiro atoms. The molecule has 2 aromatic carbocycles. The Morgan fingerprint density at radius 3 is 2.60 bits per heavy atom. The van der Waals surface area contributed by atoms with E-state index in [1.165, 1.54) is 17.7 Å². The predicted molar refractivity (Wildman–Crippen MR) is 100 cm³/mol. The first-order chi connectivity index (χ1) is 12.1. The number of aromatic nitrogens is 2. The van der Waals surface area contributed by atoms with Gasteiger partial charge in [-0.25, -0.2) is 9.37 Å². The molecule has 25 heavy (non-hydrogen) atoms. The van der Waals surface area contributed by atoms with Crippen LogP contribution >= 0.6 is 11.6 Å². The summed E-state index contributed by atoms with van der Waals surface area (Å²) < 4.78 is 13.3. The fraction of sp³-hybridized carbons (Fsp3) is 0.158. The lowest BCUT2D eigenvalue weighted by Crippen LogP contribution is -2.09. The monoisotopic (exact) mass is 356 g/mol. The zero-order valence-electron chi connectivity index (χ0n) is 13.8. The first-order valence-corrected chi connectivity index (χ1v) is 8.33. The molecule has 0 amide bonds. The van der Waals surface area contributed by atoms with Crippen molar-refractivity contribution < 1.29 is 4.39 Å².